The smallest absolute Gasteiger partial charge is 0.229 e. The fourth-order valence-electron chi connectivity index (χ4n) is 4.08. The van der Waals surface area contributed by atoms with Crippen molar-refractivity contribution in [2.24, 2.45) is 5.92 Å². The zero-order valence-electron chi connectivity index (χ0n) is 19.9. The minimum Gasteiger partial charge on any atom is -0.497 e. The number of nitrogens with one attached hydrogen (secondary N) is 2. The van der Waals surface area contributed by atoms with Gasteiger partial charge in [-0.1, -0.05) is 6.07 Å². The number of ether oxygens (including phenoxy) is 1. The lowest BCUT2D eigenvalue weighted by molar-refractivity contribution is -0.122. The van der Waals surface area contributed by atoms with Crippen LogP contribution in [-0.4, -0.2) is 45.2 Å². The van der Waals surface area contributed by atoms with Crippen molar-refractivity contribution in [3.8, 4) is 11.6 Å². The molecule has 4 aromatic rings. The lowest BCUT2D eigenvalue weighted by Gasteiger charge is -2.17. The molecule has 0 spiro atoms. The maximum Gasteiger partial charge on any atom is 0.229 e. The number of methoxy groups -OCH3 is 1. The highest BCUT2D eigenvalue weighted by atomic mass is 16.5. The van der Waals surface area contributed by atoms with E-state index < -0.39 is 5.92 Å². The average molecular weight is 484 g/mol. The van der Waals surface area contributed by atoms with Gasteiger partial charge in [-0.25, -0.2) is 14.6 Å². The number of hydrogen-bond acceptors (Lipinski definition) is 7. The number of amides is 2. The highest BCUT2D eigenvalue weighted by Crippen LogP contribution is 2.29. The molecule has 1 fully saturated rings. The maximum absolute atomic E-state index is 12.9. The summed E-state index contributed by atoms with van der Waals surface area (Å²) in [7, 11) is 1.58. The molecule has 2 aromatic carbocycles. The van der Waals surface area contributed by atoms with Gasteiger partial charge in [0.25, 0.3) is 0 Å². The van der Waals surface area contributed by atoms with Crippen LogP contribution in [0.25, 0.3) is 5.82 Å². The Morgan fingerprint density at radius 2 is 1.86 bits per heavy atom. The molecule has 0 unspecified atom stereocenters. The van der Waals surface area contributed by atoms with Crippen LogP contribution >= 0.6 is 0 Å². The third-order valence-electron chi connectivity index (χ3n) is 5.85. The van der Waals surface area contributed by atoms with Gasteiger partial charge in [-0.15, -0.1) is 0 Å². The molecule has 1 aliphatic rings. The van der Waals surface area contributed by atoms with Crippen molar-refractivity contribution >= 4 is 34.7 Å². The Balaban J connectivity index is 1.22. The van der Waals surface area contributed by atoms with Gasteiger partial charge in [-0.2, -0.15) is 5.10 Å². The molecule has 2 amide bonds. The zero-order valence-corrected chi connectivity index (χ0v) is 19.9. The molecule has 2 N–H and O–H groups in total. The molecule has 182 valence electrons. The molecule has 0 bridgehead atoms. The van der Waals surface area contributed by atoms with E-state index in [4.69, 9.17) is 4.74 Å². The molecule has 3 heterocycles. The number of nitrogens with zero attached hydrogens (tertiary/aromatic N) is 5. The van der Waals surface area contributed by atoms with Crippen molar-refractivity contribution in [1.82, 2.24) is 19.7 Å². The third-order valence-corrected chi connectivity index (χ3v) is 5.85. The molecule has 1 aliphatic heterocycles. The minimum atomic E-state index is -0.439. The molecule has 36 heavy (non-hydrogen) atoms. The summed E-state index contributed by atoms with van der Waals surface area (Å²) in [4.78, 5) is 35.9. The summed E-state index contributed by atoms with van der Waals surface area (Å²) >= 11 is 0. The third kappa shape index (κ3) is 5.02. The van der Waals surface area contributed by atoms with Crippen LogP contribution < -0.4 is 20.3 Å². The topological polar surface area (TPSA) is 114 Å². The van der Waals surface area contributed by atoms with Crippen LogP contribution in [-0.2, 0) is 9.59 Å². The Kier molecular flexibility index (Phi) is 6.31. The first kappa shape index (κ1) is 23.0. The maximum atomic E-state index is 12.9. The van der Waals surface area contributed by atoms with E-state index in [1.807, 2.05) is 49.5 Å². The van der Waals surface area contributed by atoms with Crippen LogP contribution in [0.1, 0.15) is 12.2 Å². The van der Waals surface area contributed by atoms with Crippen LogP contribution in [0.3, 0.4) is 0 Å². The molecule has 10 heteroatoms. The summed E-state index contributed by atoms with van der Waals surface area (Å²) < 4.78 is 6.91. The molecule has 1 saturated heterocycles. The fourth-order valence-corrected chi connectivity index (χ4v) is 4.08. The second-order valence-corrected chi connectivity index (χ2v) is 8.41. The summed E-state index contributed by atoms with van der Waals surface area (Å²) in [5.41, 5.74) is 2.17. The van der Waals surface area contributed by atoms with Crippen LogP contribution in [0.4, 0.5) is 22.9 Å². The van der Waals surface area contributed by atoms with Crippen LogP contribution in [0, 0.1) is 12.8 Å². The van der Waals surface area contributed by atoms with Gasteiger partial charge in [-0.3, -0.25) is 9.59 Å². The Hall–Kier alpha value is -4.73. The second-order valence-electron chi connectivity index (χ2n) is 8.41. The van der Waals surface area contributed by atoms with Crippen molar-refractivity contribution in [2.75, 3.05) is 29.2 Å². The van der Waals surface area contributed by atoms with Gasteiger partial charge in [0, 0.05) is 54.6 Å². The van der Waals surface area contributed by atoms with E-state index >= 15 is 0 Å². The van der Waals surface area contributed by atoms with Crippen molar-refractivity contribution in [2.45, 2.75) is 13.3 Å². The van der Waals surface area contributed by atoms with Gasteiger partial charge < -0.3 is 20.3 Å². The van der Waals surface area contributed by atoms with Crippen LogP contribution in [0.15, 0.2) is 73.1 Å². The number of aromatic nitrogens is 4. The predicted molar refractivity (Wildman–Crippen MR) is 136 cm³/mol. The summed E-state index contributed by atoms with van der Waals surface area (Å²) in [6.07, 6.45) is 3.67. The van der Waals surface area contributed by atoms with Crippen molar-refractivity contribution in [3.63, 3.8) is 0 Å². The molecule has 0 aliphatic carbocycles. The lowest BCUT2D eigenvalue weighted by Crippen LogP contribution is -2.28. The largest absolute Gasteiger partial charge is 0.497 e. The number of carbonyl (C=O) groups excluding carboxylic acids is 2. The summed E-state index contributed by atoms with van der Waals surface area (Å²) in [6.45, 7) is 2.14. The van der Waals surface area contributed by atoms with Crippen molar-refractivity contribution in [1.29, 1.82) is 0 Å². The summed E-state index contributed by atoms with van der Waals surface area (Å²) in [6, 6.07) is 18.2. The van der Waals surface area contributed by atoms with E-state index in [1.54, 1.807) is 47.2 Å². The zero-order chi connectivity index (χ0) is 25.1. The predicted octanol–water partition coefficient (Wildman–Crippen LogP) is 3.71. The van der Waals surface area contributed by atoms with E-state index in [0.717, 1.165) is 11.4 Å². The first-order valence-electron chi connectivity index (χ1n) is 11.5. The van der Waals surface area contributed by atoms with E-state index in [2.05, 4.69) is 25.7 Å². The molecular weight excluding hydrogens is 458 g/mol. The van der Waals surface area contributed by atoms with E-state index in [1.165, 1.54) is 0 Å². The van der Waals surface area contributed by atoms with Gasteiger partial charge in [0.2, 0.25) is 11.8 Å². The number of carbonyl (C=O) groups is 2. The number of anilines is 4. The quantitative estimate of drug-likeness (QED) is 0.412. The number of rotatable bonds is 7. The molecule has 2 aromatic heterocycles. The first-order valence-corrected chi connectivity index (χ1v) is 11.5. The van der Waals surface area contributed by atoms with E-state index in [-0.39, 0.29) is 18.2 Å². The molecule has 1 atom stereocenters. The van der Waals surface area contributed by atoms with Gasteiger partial charge in [-0.05, 0) is 49.4 Å². The fraction of sp³-hybridized carbons (Fsp3) is 0.192. The highest BCUT2D eigenvalue weighted by molar-refractivity contribution is 6.03. The molecule has 10 nitrogen and oxygen atoms in total. The Morgan fingerprint density at radius 1 is 1.06 bits per heavy atom. The Labute approximate surface area is 207 Å². The van der Waals surface area contributed by atoms with Crippen molar-refractivity contribution in [3.05, 3.63) is 78.9 Å². The summed E-state index contributed by atoms with van der Waals surface area (Å²) in [5, 5.41) is 10.4. The Morgan fingerprint density at radius 3 is 2.61 bits per heavy atom. The average Bonchev–Trinajstić information content (AvgIpc) is 3.55. The number of benzene rings is 2. The van der Waals surface area contributed by atoms with E-state index in [0.29, 0.717) is 35.4 Å². The standard InChI is InChI=1S/C26H25N7O3/c1-17-28-23(15-24(29-17)33-12-4-11-27-33)30-19-7-9-20(10-8-19)31-26(35)18-13-25(34)32(16-18)21-5-3-6-22(14-21)36-2/h3-12,14-15,18H,13,16H2,1-2H3,(H,31,35)(H,28,29,30)/t18-/m0/s1. The van der Waals surface area contributed by atoms with Gasteiger partial charge in [0.05, 0.1) is 13.0 Å². The molecule has 0 saturated carbocycles. The first-order chi connectivity index (χ1) is 17.5. The van der Waals surface area contributed by atoms with Gasteiger partial charge in [0.15, 0.2) is 5.82 Å². The monoisotopic (exact) mass is 483 g/mol. The summed E-state index contributed by atoms with van der Waals surface area (Å²) in [5.74, 6) is 1.86. The van der Waals surface area contributed by atoms with Gasteiger partial charge in [0.1, 0.15) is 17.4 Å². The van der Waals surface area contributed by atoms with Crippen LogP contribution in [0.2, 0.25) is 0 Å². The molecule has 0 radical (unpaired) electrons. The van der Waals surface area contributed by atoms with Crippen molar-refractivity contribution < 1.29 is 14.3 Å². The molecular formula is C26H25N7O3. The normalized spacial score (nSPS) is 15.1. The highest BCUT2D eigenvalue weighted by Gasteiger charge is 2.35. The second kappa shape index (κ2) is 9.87. The number of aryl methyl sites for hydroxylation is 1. The lowest BCUT2D eigenvalue weighted by atomic mass is 10.1. The molecule has 5 rings (SSSR count). The minimum absolute atomic E-state index is 0.0856. The Bertz CT molecular complexity index is 1390. The van der Waals surface area contributed by atoms with Crippen LogP contribution in [0.5, 0.6) is 5.75 Å². The van der Waals surface area contributed by atoms with E-state index in [9.17, 15) is 9.59 Å². The van der Waals surface area contributed by atoms with Gasteiger partial charge >= 0.3 is 0 Å². The SMILES string of the molecule is COc1cccc(N2C[C@@H](C(=O)Nc3ccc(Nc4cc(-n5cccn5)nc(C)n4)cc3)CC2=O)c1. The number of hydrogen-bond donors (Lipinski definition) is 2.